The fourth-order valence-corrected chi connectivity index (χ4v) is 1.75. The number of carbonyl (C=O) groups is 1. The van der Waals surface area contributed by atoms with Gasteiger partial charge in [0, 0.05) is 29.9 Å². The highest BCUT2D eigenvalue weighted by Crippen LogP contribution is 2.08. The van der Waals surface area contributed by atoms with Crippen molar-refractivity contribution in [2.24, 2.45) is 0 Å². The molecule has 0 unspecified atom stereocenters. The molecule has 0 saturated carbocycles. The molecule has 16 heavy (non-hydrogen) atoms. The highest BCUT2D eigenvalue weighted by molar-refractivity contribution is 5.76. The van der Waals surface area contributed by atoms with Crippen molar-refractivity contribution in [2.75, 3.05) is 0 Å². The SMILES string of the molecule is Cc1ccc(C)n1CCC(=O)NC(C)(C)C. The Bertz CT molecular complexity index is 352. The van der Waals surface area contributed by atoms with Gasteiger partial charge in [0.15, 0.2) is 0 Å². The third kappa shape index (κ3) is 3.72. The number of hydrogen-bond donors (Lipinski definition) is 1. The Morgan fingerprint density at radius 2 is 1.75 bits per heavy atom. The van der Waals surface area contributed by atoms with Crippen molar-refractivity contribution >= 4 is 5.91 Å². The molecule has 0 aliphatic heterocycles. The average molecular weight is 222 g/mol. The summed E-state index contributed by atoms with van der Waals surface area (Å²) in [5.74, 6) is 0.111. The van der Waals surface area contributed by atoms with Gasteiger partial charge in [0.1, 0.15) is 0 Å². The minimum atomic E-state index is -0.141. The van der Waals surface area contributed by atoms with E-state index in [1.165, 1.54) is 11.4 Å². The molecular formula is C13H22N2O. The molecular weight excluding hydrogens is 200 g/mol. The largest absolute Gasteiger partial charge is 0.351 e. The van der Waals surface area contributed by atoms with Gasteiger partial charge in [-0.25, -0.2) is 0 Å². The predicted molar refractivity (Wildman–Crippen MR) is 66.4 cm³/mol. The zero-order chi connectivity index (χ0) is 12.3. The molecule has 1 N–H and O–H groups in total. The van der Waals surface area contributed by atoms with Crippen molar-refractivity contribution in [2.45, 2.75) is 53.1 Å². The van der Waals surface area contributed by atoms with E-state index in [2.05, 4.69) is 35.9 Å². The summed E-state index contributed by atoms with van der Waals surface area (Å²) in [7, 11) is 0. The van der Waals surface area contributed by atoms with Crippen LogP contribution in [0.25, 0.3) is 0 Å². The van der Waals surface area contributed by atoms with Crippen LogP contribution in [0.15, 0.2) is 12.1 Å². The van der Waals surface area contributed by atoms with E-state index < -0.39 is 0 Å². The highest BCUT2D eigenvalue weighted by Gasteiger charge is 2.13. The van der Waals surface area contributed by atoms with Gasteiger partial charge in [-0.1, -0.05) is 0 Å². The monoisotopic (exact) mass is 222 g/mol. The van der Waals surface area contributed by atoms with Crippen molar-refractivity contribution in [3.05, 3.63) is 23.5 Å². The van der Waals surface area contributed by atoms with Gasteiger partial charge < -0.3 is 9.88 Å². The summed E-state index contributed by atoms with van der Waals surface area (Å²) in [5.41, 5.74) is 2.28. The van der Waals surface area contributed by atoms with E-state index in [1.807, 2.05) is 20.8 Å². The minimum Gasteiger partial charge on any atom is -0.351 e. The van der Waals surface area contributed by atoms with E-state index in [9.17, 15) is 4.79 Å². The molecule has 1 rings (SSSR count). The maximum atomic E-state index is 11.7. The van der Waals surface area contributed by atoms with Gasteiger partial charge in [-0.3, -0.25) is 4.79 Å². The second kappa shape index (κ2) is 4.73. The van der Waals surface area contributed by atoms with Crippen LogP contribution in [0, 0.1) is 13.8 Å². The van der Waals surface area contributed by atoms with Gasteiger partial charge in [0.25, 0.3) is 0 Å². The third-order valence-electron chi connectivity index (χ3n) is 2.49. The zero-order valence-electron chi connectivity index (χ0n) is 10.9. The Hall–Kier alpha value is -1.25. The van der Waals surface area contributed by atoms with Gasteiger partial charge in [0.05, 0.1) is 0 Å². The first-order chi connectivity index (χ1) is 7.29. The summed E-state index contributed by atoms with van der Waals surface area (Å²) >= 11 is 0. The summed E-state index contributed by atoms with van der Waals surface area (Å²) in [6, 6.07) is 4.16. The molecule has 0 spiro atoms. The van der Waals surface area contributed by atoms with Gasteiger partial charge in [-0.15, -0.1) is 0 Å². The summed E-state index contributed by atoms with van der Waals surface area (Å²) in [6.07, 6.45) is 0.535. The molecule has 1 aromatic heterocycles. The Morgan fingerprint density at radius 3 is 2.19 bits per heavy atom. The summed E-state index contributed by atoms with van der Waals surface area (Å²) < 4.78 is 2.17. The van der Waals surface area contributed by atoms with Crippen LogP contribution >= 0.6 is 0 Å². The lowest BCUT2D eigenvalue weighted by Crippen LogP contribution is -2.40. The van der Waals surface area contributed by atoms with E-state index >= 15 is 0 Å². The second-order valence-electron chi connectivity index (χ2n) is 5.32. The van der Waals surface area contributed by atoms with Crippen molar-refractivity contribution in [1.82, 2.24) is 9.88 Å². The van der Waals surface area contributed by atoms with Crippen LogP contribution in [-0.4, -0.2) is 16.0 Å². The quantitative estimate of drug-likeness (QED) is 0.837. The lowest BCUT2D eigenvalue weighted by Gasteiger charge is -2.20. The number of nitrogens with zero attached hydrogens (tertiary/aromatic N) is 1. The molecule has 0 bridgehead atoms. The molecule has 0 aliphatic carbocycles. The first-order valence-electron chi connectivity index (χ1n) is 5.73. The number of rotatable bonds is 3. The maximum Gasteiger partial charge on any atom is 0.222 e. The fraction of sp³-hybridized carbons (Fsp3) is 0.615. The normalized spacial score (nSPS) is 11.6. The average Bonchev–Trinajstić information content (AvgIpc) is 2.41. The van der Waals surface area contributed by atoms with E-state index in [0.29, 0.717) is 6.42 Å². The van der Waals surface area contributed by atoms with Crippen molar-refractivity contribution in [1.29, 1.82) is 0 Å². The van der Waals surface area contributed by atoms with Gasteiger partial charge >= 0.3 is 0 Å². The number of hydrogen-bond acceptors (Lipinski definition) is 1. The van der Waals surface area contributed by atoms with Crippen LogP contribution in [0.2, 0.25) is 0 Å². The lowest BCUT2D eigenvalue weighted by molar-refractivity contribution is -0.122. The number of aryl methyl sites for hydroxylation is 2. The van der Waals surface area contributed by atoms with E-state index in [1.54, 1.807) is 0 Å². The molecule has 0 atom stereocenters. The van der Waals surface area contributed by atoms with Gasteiger partial charge in [-0.2, -0.15) is 0 Å². The molecule has 0 aliphatic rings. The number of carbonyl (C=O) groups excluding carboxylic acids is 1. The van der Waals surface area contributed by atoms with Crippen LogP contribution in [0.3, 0.4) is 0 Å². The predicted octanol–water partition coefficient (Wildman–Crippen LogP) is 2.41. The third-order valence-corrected chi connectivity index (χ3v) is 2.49. The molecule has 3 nitrogen and oxygen atoms in total. The number of nitrogens with one attached hydrogen (secondary N) is 1. The lowest BCUT2D eigenvalue weighted by atomic mass is 10.1. The number of amides is 1. The van der Waals surface area contributed by atoms with Crippen LogP contribution in [-0.2, 0) is 11.3 Å². The Morgan fingerprint density at radius 1 is 1.25 bits per heavy atom. The minimum absolute atomic E-state index is 0.111. The summed E-state index contributed by atoms with van der Waals surface area (Å²) in [4.78, 5) is 11.7. The second-order valence-corrected chi connectivity index (χ2v) is 5.32. The smallest absolute Gasteiger partial charge is 0.222 e. The van der Waals surface area contributed by atoms with E-state index in [4.69, 9.17) is 0 Å². The zero-order valence-corrected chi connectivity index (χ0v) is 10.9. The van der Waals surface area contributed by atoms with E-state index in [0.717, 1.165) is 6.54 Å². The first kappa shape index (κ1) is 12.8. The van der Waals surface area contributed by atoms with Crippen molar-refractivity contribution in [3.8, 4) is 0 Å². The highest BCUT2D eigenvalue weighted by atomic mass is 16.1. The van der Waals surface area contributed by atoms with Crippen LogP contribution in [0.1, 0.15) is 38.6 Å². The summed E-state index contributed by atoms with van der Waals surface area (Å²) in [5, 5.41) is 2.97. The Labute approximate surface area is 97.8 Å². The molecule has 90 valence electrons. The van der Waals surface area contributed by atoms with Gasteiger partial charge in [0.2, 0.25) is 5.91 Å². The van der Waals surface area contributed by atoms with Crippen LogP contribution in [0.5, 0.6) is 0 Å². The van der Waals surface area contributed by atoms with Crippen molar-refractivity contribution < 1.29 is 4.79 Å². The maximum absolute atomic E-state index is 11.7. The molecule has 3 heteroatoms. The molecule has 0 aromatic carbocycles. The van der Waals surface area contributed by atoms with Crippen molar-refractivity contribution in [3.63, 3.8) is 0 Å². The molecule has 0 saturated heterocycles. The Balaban J connectivity index is 2.50. The summed E-state index contributed by atoms with van der Waals surface area (Å²) in [6.45, 7) is 10.9. The molecule has 1 amide bonds. The topological polar surface area (TPSA) is 34.0 Å². The fourth-order valence-electron chi connectivity index (χ4n) is 1.75. The van der Waals surface area contributed by atoms with Crippen LogP contribution < -0.4 is 5.32 Å². The number of aromatic nitrogens is 1. The van der Waals surface area contributed by atoms with E-state index in [-0.39, 0.29) is 11.4 Å². The standard InChI is InChI=1S/C13H22N2O/c1-10-6-7-11(2)15(10)9-8-12(16)14-13(3,4)5/h6-7H,8-9H2,1-5H3,(H,14,16). The Kier molecular flexibility index (Phi) is 3.79. The molecule has 1 heterocycles. The first-order valence-corrected chi connectivity index (χ1v) is 5.73. The molecule has 0 radical (unpaired) electrons. The molecule has 0 fully saturated rings. The molecule has 1 aromatic rings. The van der Waals surface area contributed by atoms with Gasteiger partial charge in [-0.05, 0) is 46.8 Å². The van der Waals surface area contributed by atoms with Crippen LogP contribution in [0.4, 0.5) is 0 Å².